The summed E-state index contributed by atoms with van der Waals surface area (Å²) in [6.45, 7) is 0.0810. The Hall–Kier alpha value is -2.04. The largest absolute Gasteiger partial charge is 0.324 e. The van der Waals surface area contributed by atoms with Crippen LogP contribution in [-0.4, -0.2) is 15.8 Å². The number of carbonyl (C=O) groups excluding carboxylic acids is 1. The van der Waals surface area contributed by atoms with Crippen molar-refractivity contribution in [1.82, 2.24) is 9.55 Å². The molecular weight excluding hydrogens is 214 g/mol. The van der Waals surface area contributed by atoms with E-state index in [0.29, 0.717) is 6.29 Å². The van der Waals surface area contributed by atoms with Crippen LogP contribution in [0.3, 0.4) is 0 Å². The highest BCUT2D eigenvalue weighted by molar-refractivity contribution is 5.69. The highest BCUT2D eigenvalue weighted by atomic mass is 19.1. The third-order valence-corrected chi connectivity index (χ3v) is 2.20. The molecule has 0 fully saturated rings. The monoisotopic (exact) mass is 222 g/mol. The summed E-state index contributed by atoms with van der Waals surface area (Å²) in [7, 11) is 0. The average Bonchev–Trinajstić information content (AvgIpc) is 2.71. The van der Waals surface area contributed by atoms with Crippen molar-refractivity contribution in [3.63, 3.8) is 0 Å². The van der Waals surface area contributed by atoms with Gasteiger partial charge in [-0.25, -0.2) is 13.8 Å². The molecule has 3 nitrogen and oxygen atoms in total. The second-order valence-corrected chi connectivity index (χ2v) is 3.27. The molecule has 0 aliphatic heterocycles. The maximum Gasteiger partial charge on any atom is 0.185 e. The molecule has 1 aromatic carbocycles. The van der Waals surface area contributed by atoms with Crippen LogP contribution < -0.4 is 0 Å². The molecule has 1 aromatic heterocycles. The lowest BCUT2D eigenvalue weighted by atomic mass is 10.2. The van der Waals surface area contributed by atoms with E-state index >= 15 is 0 Å². The van der Waals surface area contributed by atoms with Gasteiger partial charge in [-0.15, -0.1) is 0 Å². The fourth-order valence-electron chi connectivity index (χ4n) is 1.42. The van der Waals surface area contributed by atoms with Gasteiger partial charge in [0, 0.05) is 18.0 Å². The lowest BCUT2D eigenvalue weighted by Crippen LogP contribution is -2.05. The van der Waals surface area contributed by atoms with Gasteiger partial charge in [-0.05, 0) is 18.2 Å². The molecule has 0 aliphatic rings. The van der Waals surface area contributed by atoms with Crippen molar-refractivity contribution in [2.75, 3.05) is 0 Å². The van der Waals surface area contributed by atoms with Gasteiger partial charge in [0.05, 0.1) is 6.54 Å². The Balaban J connectivity index is 2.33. The third-order valence-electron chi connectivity index (χ3n) is 2.20. The minimum Gasteiger partial charge on any atom is -0.324 e. The van der Waals surface area contributed by atoms with Gasteiger partial charge in [-0.1, -0.05) is 0 Å². The van der Waals surface area contributed by atoms with E-state index in [4.69, 9.17) is 0 Å². The van der Waals surface area contributed by atoms with Crippen LogP contribution in [0.25, 0.3) is 0 Å². The number of imidazole rings is 1. The smallest absolute Gasteiger partial charge is 0.185 e. The van der Waals surface area contributed by atoms with Crippen molar-refractivity contribution in [2.45, 2.75) is 6.54 Å². The fraction of sp³-hybridized carbons (Fsp3) is 0.0909. The van der Waals surface area contributed by atoms with Crippen molar-refractivity contribution in [3.05, 3.63) is 53.6 Å². The summed E-state index contributed by atoms with van der Waals surface area (Å²) < 4.78 is 27.7. The maximum absolute atomic E-state index is 13.3. The molecule has 82 valence electrons. The van der Waals surface area contributed by atoms with Gasteiger partial charge in [0.15, 0.2) is 12.1 Å². The van der Waals surface area contributed by atoms with Crippen molar-refractivity contribution >= 4 is 6.29 Å². The summed E-state index contributed by atoms with van der Waals surface area (Å²) in [4.78, 5) is 14.3. The average molecular weight is 222 g/mol. The Morgan fingerprint density at radius 3 is 2.94 bits per heavy atom. The number of aldehydes is 1. The van der Waals surface area contributed by atoms with E-state index < -0.39 is 11.6 Å². The molecule has 16 heavy (non-hydrogen) atoms. The van der Waals surface area contributed by atoms with E-state index in [2.05, 4.69) is 4.98 Å². The number of halogens is 2. The molecule has 0 spiro atoms. The second kappa shape index (κ2) is 4.22. The van der Waals surface area contributed by atoms with E-state index in [1.807, 2.05) is 0 Å². The lowest BCUT2D eigenvalue weighted by molar-refractivity contribution is 0.111. The standard InChI is InChI=1S/C11H8F2N2O/c12-9-1-2-10(13)8(5-9)6-15-4-3-14-11(15)7-16/h1-5,7H,6H2. The van der Waals surface area contributed by atoms with Gasteiger partial charge in [-0.2, -0.15) is 0 Å². The highest BCUT2D eigenvalue weighted by Gasteiger charge is 2.07. The predicted octanol–water partition coefficient (Wildman–Crippen LogP) is 2.02. The number of rotatable bonds is 3. The summed E-state index contributed by atoms with van der Waals surface area (Å²) in [5.74, 6) is -0.834. The number of hydrogen-bond acceptors (Lipinski definition) is 2. The number of nitrogens with zero attached hydrogens (tertiary/aromatic N) is 2. The minimum absolute atomic E-state index is 0.0810. The molecule has 0 radical (unpaired) electrons. The van der Waals surface area contributed by atoms with E-state index in [1.54, 1.807) is 0 Å². The Morgan fingerprint density at radius 1 is 1.38 bits per heavy atom. The Labute approximate surface area is 90.3 Å². The molecule has 0 saturated heterocycles. The molecule has 0 bridgehead atoms. The summed E-state index contributed by atoms with van der Waals surface area (Å²) >= 11 is 0. The number of carbonyl (C=O) groups is 1. The molecule has 0 N–H and O–H groups in total. The molecule has 0 atom stereocenters. The van der Waals surface area contributed by atoms with E-state index in [9.17, 15) is 13.6 Å². The van der Waals surface area contributed by atoms with Gasteiger partial charge < -0.3 is 4.57 Å². The van der Waals surface area contributed by atoms with Crippen LogP contribution in [0, 0.1) is 11.6 Å². The highest BCUT2D eigenvalue weighted by Crippen LogP contribution is 2.11. The second-order valence-electron chi connectivity index (χ2n) is 3.27. The Bertz CT molecular complexity index is 522. The summed E-state index contributed by atoms with van der Waals surface area (Å²) in [6, 6.07) is 3.21. The molecule has 5 heteroatoms. The zero-order valence-corrected chi connectivity index (χ0v) is 8.23. The first-order valence-electron chi connectivity index (χ1n) is 4.61. The predicted molar refractivity (Wildman–Crippen MR) is 53.1 cm³/mol. The fourth-order valence-corrected chi connectivity index (χ4v) is 1.42. The molecule has 0 unspecified atom stereocenters. The first-order valence-corrected chi connectivity index (χ1v) is 4.61. The van der Waals surface area contributed by atoms with Crippen LogP contribution in [-0.2, 0) is 6.54 Å². The van der Waals surface area contributed by atoms with Crippen molar-refractivity contribution in [1.29, 1.82) is 0 Å². The van der Waals surface area contributed by atoms with E-state index in [1.165, 1.54) is 17.0 Å². The maximum atomic E-state index is 13.3. The normalized spacial score (nSPS) is 10.4. The van der Waals surface area contributed by atoms with Gasteiger partial charge in [-0.3, -0.25) is 4.79 Å². The lowest BCUT2D eigenvalue weighted by Gasteiger charge is -2.05. The molecular formula is C11H8F2N2O. The number of hydrogen-bond donors (Lipinski definition) is 0. The van der Waals surface area contributed by atoms with E-state index in [-0.39, 0.29) is 17.9 Å². The Kier molecular flexibility index (Phi) is 2.76. The molecule has 1 heterocycles. The van der Waals surface area contributed by atoms with Crippen molar-refractivity contribution in [3.8, 4) is 0 Å². The number of benzene rings is 1. The van der Waals surface area contributed by atoms with Crippen molar-refractivity contribution < 1.29 is 13.6 Å². The molecule has 0 saturated carbocycles. The summed E-state index contributed by atoms with van der Waals surface area (Å²) in [5.41, 5.74) is 0.182. The molecule has 2 rings (SSSR count). The molecule has 2 aromatic rings. The zero-order chi connectivity index (χ0) is 11.5. The van der Waals surface area contributed by atoms with Crippen molar-refractivity contribution in [2.24, 2.45) is 0 Å². The third kappa shape index (κ3) is 1.98. The minimum atomic E-state index is -0.510. The van der Waals surface area contributed by atoms with Crippen LogP contribution in [0.1, 0.15) is 16.2 Å². The molecule has 0 amide bonds. The van der Waals surface area contributed by atoms with Crippen LogP contribution in [0.2, 0.25) is 0 Å². The zero-order valence-electron chi connectivity index (χ0n) is 8.23. The Morgan fingerprint density at radius 2 is 2.19 bits per heavy atom. The quantitative estimate of drug-likeness (QED) is 0.744. The summed E-state index contributed by atoms with van der Waals surface area (Å²) in [5, 5.41) is 0. The first-order chi connectivity index (χ1) is 7.70. The number of aromatic nitrogens is 2. The van der Waals surface area contributed by atoms with Crippen LogP contribution in [0.4, 0.5) is 8.78 Å². The van der Waals surface area contributed by atoms with Crippen LogP contribution in [0.15, 0.2) is 30.6 Å². The van der Waals surface area contributed by atoms with E-state index in [0.717, 1.165) is 18.2 Å². The SMILES string of the molecule is O=Cc1nccn1Cc1cc(F)ccc1F. The first kappa shape index (κ1) is 10.5. The van der Waals surface area contributed by atoms with Gasteiger partial charge in [0.1, 0.15) is 11.6 Å². The van der Waals surface area contributed by atoms with Crippen LogP contribution >= 0.6 is 0 Å². The van der Waals surface area contributed by atoms with Gasteiger partial charge in [0.2, 0.25) is 0 Å². The topological polar surface area (TPSA) is 34.9 Å². The molecule has 0 aliphatic carbocycles. The van der Waals surface area contributed by atoms with Gasteiger partial charge in [0.25, 0.3) is 0 Å². The summed E-state index contributed by atoms with van der Waals surface area (Å²) in [6.07, 6.45) is 3.53. The van der Waals surface area contributed by atoms with Crippen LogP contribution in [0.5, 0.6) is 0 Å². The van der Waals surface area contributed by atoms with Gasteiger partial charge >= 0.3 is 0 Å².